The van der Waals surface area contributed by atoms with Crippen LogP contribution < -0.4 is 34.0 Å². The van der Waals surface area contributed by atoms with E-state index in [4.69, 9.17) is 17.3 Å². The van der Waals surface area contributed by atoms with Crippen molar-refractivity contribution < 1.29 is 5.11 Å². The summed E-state index contributed by atoms with van der Waals surface area (Å²) in [7, 11) is 1.29. The van der Waals surface area contributed by atoms with Gasteiger partial charge in [0, 0.05) is 18.8 Å². The van der Waals surface area contributed by atoms with Gasteiger partial charge in [0.05, 0.1) is 11.4 Å². The highest BCUT2D eigenvalue weighted by atomic mass is 16.3. The second-order valence-corrected chi connectivity index (χ2v) is 4.79. The molecule has 0 fully saturated rings. The van der Waals surface area contributed by atoms with Gasteiger partial charge < -0.3 is 22.0 Å². The van der Waals surface area contributed by atoms with E-state index in [2.05, 4.69) is 10.4 Å². The molecule has 0 aliphatic heterocycles. The molecule has 0 radical (unpaired) electrons. The maximum absolute atomic E-state index is 11.8. The number of nitrogens with two attached hydrogens (primary N) is 3. The Morgan fingerprint density at radius 2 is 1.96 bits per heavy atom. The molecule has 0 spiro atoms. The van der Waals surface area contributed by atoms with Crippen molar-refractivity contribution in [2.45, 2.75) is 0 Å². The lowest BCUT2D eigenvalue weighted by molar-refractivity contribution is 0.416. The number of aromatic nitrogens is 2. The summed E-state index contributed by atoms with van der Waals surface area (Å²) in [6, 6.07) is 6.62. The second-order valence-electron chi connectivity index (χ2n) is 4.79. The van der Waals surface area contributed by atoms with Gasteiger partial charge in [-0.05, 0) is 12.1 Å². The SMILES string of the molecule is Cn1c(O)c(C(N)=Nc2ccc(/C(=C/N)NN)cc2)c(=O)[nH]c1=O. The van der Waals surface area contributed by atoms with Gasteiger partial charge in [0.2, 0.25) is 5.88 Å². The Kier molecular flexibility index (Phi) is 4.70. The average Bonchev–Trinajstić information content (AvgIpc) is 2.55. The predicted molar refractivity (Wildman–Crippen MR) is 90.3 cm³/mol. The smallest absolute Gasteiger partial charge is 0.330 e. The van der Waals surface area contributed by atoms with Crippen LogP contribution in [0.1, 0.15) is 11.1 Å². The molecule has 10 heteroatoms. The van der Waals surface area contributed by atoms with Crippen LogP contribution >= 0.6 is 0 Å². The number of amidine groups is 1. The number of hydrogen-bond donors (Lipinski definition) is 6. The molecular weight excluding hydrogens is 314 g/mol. The summed E-state index contributed by atoms with van der Waals surface area (Å²) in [5, 5.41) is 9.93. The van der Waals surface area contributed by atoms with Crippen LogP contribution in [0.5, 0.6) is 5.88 Å². The quantitative estimate of drug-likeness (QED) is 0.171. The monoisotopic (exact) mass is 331 g/mol. The molecule has 9 N–H and O–H groups in total. The molecule has 10 nitrogen and oxygen atoms in total. The number of benzene rings is 1. The Balaban J connectivity index is 2.44. The summed E-state index contributed by atoms with van der Waals surface area (Å²) in [5.74, 6) is 4.53. The molecule has 0 aliphatic rings. The van der Waals surface area contributed by atoms with E-state index < -0.39 is 17.1 Å². The molecule has 2 aromatic rings. The van der Waals surface area contributed by atoms with Gasteiger partial charge in [-0.3, -0.25) is 20.2 Å². The number of aliphatic imine (C=N–C) groups is 1. The number of hydrogen-bond acceptors (Lipinski definition) is 7. The third-order valence-corrected chi connectivity index (χ3v) is 3.30. The first-order valence-electron chi connectivity index (χ1n) is 6.74. The van der Waals surface area contributed by atoms with E-state index in [1.165, 1.54) is 13.2 Å². The number of nitrogens with zero attached hydrogens (tertiary/aromatic N) is 2. The number of hydrazine groups is 1. The molecule has 0 saturated carbocycles. The van der Waals surface area contributed by atoms with Gasteiger partial charge in [-0.25, -0.2) is 9.79 Å². The summed E-state index contributed by atoms with van der Waals surface area (Å²) < 4.78 is 0.855. The number of rotatable bonds is 4. The minimum atomic E-state index is -0.825. The summed E-state index contributed by atoms with van der Waals surface area (Å²) in [4.78, 5) is 29.3. The highest BCUT2D eigenvalue weighted by molar-refractivity contribution is 6.00. The number of aromatic hydroxyl groups is 1. The minimum Gasteiger partial charge on any atom is -0.494 e. The molecular formula is C14H17N7O3. The normalized spacial score (nSPS) is 12.2. The van der Waals surface area contributed by atoms with Crippen LogP contribution in [0.15, 0.2) is 45.0 Å². The molecule has 2 rings (SSSR count). The van der Waals surface area contributed by atoms with E-state index in [9.17, 15) is 14.7 Å². The van der Waals surface area contributed by atoms with E-state index in [0.29, 0.717) is 11.4 Å². The Bertz CT molecular complexity index is 923. The van der Waals surface area contributed by atoms with Crippen molar-refractivity contribution >= 4 is 17.2 Å². The molecule has 1 aromatic heterocycles. The Labute approximate surface area is 135 Å². The van der Waals surface area contributed by atoms with Crippen molar-refractivity contribution in [3.05, 3.63) is 62.4 Å². The fourth-order valence-corrected chi connectivity index (χ4v) is 1.98. The number of nitrogens with one attached hydrogen (secondary N) is 2. The van der Waals surface area contributed by atoms with Crippen LogP contribution in [0.3, 0.4) is 0 Å². The van der Waals surface area contributed by atoms with Crippen molar-refractivity contribution in [2.75, 3.05) is 0 Å². The molecule has 24 heavy (non-hydrogen) atoms. The molecule has 0 unspecified atom stereocenters. The Hall–Kier alpha value is -3.53. The average molecular weight is 331 g/mol. The fourth-order valence-electron chi connectivity index (χ4n) is 1.98. The minimum absolute atomic E-state index is 0.233. The summed E-state index contributed by atoms with van der Waals surface area (Å²) in [6.45, 7) is 0. The number of H-pyrrole nitrogens is 1. The standard InChI is InChI=1S/C14H17N7O3/c1-21-13(23)10(12(22)19-14(21)24)11(16)18-8-4-2-7(3-5-8)9(6-15)20-17/h2-6,20,23H,15,17H2,1H3,(H2,16,18)(H,19,22,24)/b9-6-. The molecule has 0 amide bonds. The number of aromatic amines is 1. The van der Waals surface area contributed by atoms with Gasteiger partial charge in [-0.2, -0.15) is 0 Å². The molecule has 0 atom stereocenters. The largest absolute Gasteiger partial charge is 0.494 e. The predicted octanol–water partition coefficient (Wildman–Crippen LogP) is -1.46. The van der Waals surface area contributed by atoms with Crippen molar-refractivity contribution in [2.24, 2.45) is 29.4 Å². The van der Waals surface area contributed by atoms with Crippen LogP contribution in [-0.2, 0) is 7.05 Å². The van der Waals surface area contributed by atoms with Crippen molar-refractivity contribution in [1.29, 1.82) is 0 Å². The zero-order chi connectivity index (χ0) is 17.9. The second kappa shape index (κ2) is 6.71. The molecule has 0 bridgehead atoms. The lowest BCUT2D eigenvalue weighted by atomic mass is 10.1. The van der Waals surface area contributed by atoms with Crippen molar-refractivity contribution in [1.82, 2.24) is 15.0 Å². The van der Waals surface area contributed by atoms with Crippen molar-refractivity contribution in [3.8, 4) is 5.88 Å². The van der Waals surface area contributed by atoms with Gasteiger partial charge in [-0.15, -0.1) is 0 Å². The van der Waals surface area contributed by atoms with Gasteiger partial charge in [0.15, 0.2) is 0 Å². The third kappa shape index (κ3) is 3.13. The topological polar surface area (TPSA) is 178 Å². The Morgan fingerprint density at radius 3 is 2.50 bits per heavy atom. The molecule has 126 valence electrons. The van der Waals surface area contributed by atoms with E-state index in [1.807, 2.05) is 4.98 Å². The lowest BCUT2D eigenvalue weighted by Crippen LogP contribution is -2.34. The Morgan fingerprint density at radius 1 is 1.33 bits per heavy atom. The summed E-state index contributed by atoms with van der Waals surface area (Å²) in [5.41, 5.74) is 13.5. The summed E-state index contributed by atoms with van der Waals surface area (Å²) >= 11 is 0. The maximum Gasteiger partial charge on any atom is 0.330 e. The summed E-state index contributed by atoms with van der Waals surface area (Å²) in [6.07, 6.45) is 1.31. The van der Waals surface area contributed by atoms with E-state index in [1.54, 1.807) is 24.3 Å². The van der Waals surface area contributed by atoms with E-state index in [0.717, 1.165) is 10.1 Å². The highest BCUT2D eigenvalue weighted by Crippen LogP contribution is 2.18. The van der Waals surface area contributed by atoms with Crippen molar-refractivity contribution in [3.63, 3.8) is 0 Å². The van der Waals surface area contributed by atoms with Crippen LogP contribution in [0, 0.1) is 0 Å². The highest BCUT2D eigenvalue weighted by Gasteiger charge is 2.15. The molecule has 1 aromatic carbocycles. The maximum atomic E-state index is 11.8. The van der Waals surface area contributed by atoms with Gasteiger partial charge in [0.1, 0.15) is 11.4 Å². The third-order valence-electron chi connectivity index (χ3n) is 3.30. The van der Waals surface area contributed by atoms with Gasteiger partial charge in [0.25, 0.3) is 5.56 Å². The van der Waals surface area contributed by atoms with E-state index >= 15 is 0 Å². The fraction of sp³-hybridized carbons (Fsp3) is 0.0714. The van der Waals surface area contributed by atoms with E-state index in [-0.39, 0.29) is 11.4 Å². The zero-order valence-corrected chi connectivity index (χ0v) is 12.8. The molecule has 0 aliphatic carbocycles. The first-order chi connectivity index (χ1) is 11.4. The first-order valence-corrected chi connectivity index (χ1v) is 6.74. The first kappa shape index (κ1) is 16.8. The zero-order valence-electron chi connectivity index (χ0n) is 12.8. The van der Waals surface area contributed by atoms with Crippen LogP contribution in [0.4, 0.5) is 5.69 Å². The van der Waals surface area contributed by atoms with Gasteiger partial charge >= 0.3 is 5.69 Å². The van der Waals surface area contributed by atoms with Gasteiger partial charge in [-0.1, -0.05) is 12.1 Å². The van der Waals surface area contributed by atoms with Crippen LogP contribution in [-0.4, -0.2) is 20.5 Å². The van der Waals surface area contributed by atoms with Crippen LogP contribution in [0.25, 0.3) is 5.70 Å². The molecule has 1 heterocycles. The molecule has 0 saturated heterocycles. The lowest BCUT2D eigenvalue weighted by Gasteiger charge is -2.08. The van der Waals surface area contributed by atoms with Crippen LogP contribution in [0.2, 0.25) is 0 Å².